The Balaban J connectivity index is 1.97. The van der Waals surface area contributed by atoms with E-state index in [0.717, 1.165) is 6.20 Å². The Morgan fingerprint density at radius 1 is 1.45 bits per heavy atom. The normalized spacial score (nSPS) is 9.75. The van der Waals surface area contributed by atoms with Gasteiger partial charge >= 0.3 is 5.69 Å². The van der Waals surface area contributed by atoms with Crippen molar-refractivity contribution in [3.05, 3.63) is 52.3 Å². The SMILES string of the molecule is N#Cc1ccc(NC(=O)Cn2cc([N+](=O)[O-])cn2)cc1. The molecule has 0 fully saturated rings. The molecule has 0 bridgehead atoms. The number of nitrogens with zero attached hydrogens (tertiary/aromatic N) is 4. The minimum Gasteiger partial charge on any atom is -0.324 e. The molecule has 0 aliphatic carbocycles. The van der Waals surface area contributed by atoms with Gasteiger partial charge in [-0.05, 0) is 24.3 Å². The number of nitrogens with one attached hydrogen (secondary N) is 1. The minimum absolute atomic E-state index is 0.131. The molecule has 0 aliphatic heterocycles. The zero-order valence-corrected chi connectivity index (χ0v) is 10.2. The van der Waals surface area contributed by atoms with Crippen molar-refractivity contribution in [1.82, 2.24) is 9.78 Å². The number of nitriles is 1. The maximum Gasteiger partial charge on any atom is 0.307 e. The van der Waals surface area contributed by atoms with E-state index in [9.17, 15) is 14.9 Å². The molecular formula is C12H9N5O3. The second-order valence-electron chi connectivity index (χ2n) is 3.89. The van der Waals surface area contributed by atoms with Gasteiger partial charge in [0, 0.05) is 5.69 Å². The van der Waals surface area contributed by atoms with Gasteiger partial charge in [-0.25, -0.2) is 0 Å². The Labute approximate surface area is 113 Å². The Morgan fingerprint density at radius 3 is 2.70 bits per heavy atom. The topological polar surface area (TPSA) is 114 Å². The highest BCUT2D eigenvalue weighted by Crippen LogP contribution is 2.10. The first-order chi connectivity index (χ1) is 9.58. The Bertz CT molecular complexity index is 684. The van der Waals surface area contributed by atoms with Crippen molar-refractivity contribution in [3.8, 4) is 6.07 Å². The van der Waals surface area contributed by atoms with Crippen LogP contribution < -0.4 is 5.32 Å². The molecule has 0 atom stereocenters. The number of nitro groups is 1. The van der Waals surface area contributed by atoms with Gasteiger partial charge in [0.1, 0.15) is 18.9 Å². The van der Waals surface area contributed by atoms with E-state index in [1.54, 1.807) is 24.3 Å². The Kier molecular flexibility index (Phi) is 3.72. The molecule has 8 nitrogen and oxygen atoms in total. The van der Waals surface area contributed by atoms with Gasteiger partial charge in [-0.15, -0.1) is 0 Å². The quantitative estimate of drug-likeness (QED) is 0.665. The Morgan fingerprint density at radius 2 is 2.15 bits per heavy atom. The molecule has 0 saturated carbocycles. The van der Waals surface area contributed by atoms with Gasteiger partial charge in [-0.2, -0.15) is 10.4 Å². The molecule has 2 rings (SSSR count). The maximum atomic E-state index is 11.7. The van der Waals surface area contributed by atoms with Crippen LogP contribution in [0.15, 0.2) is 36.7 Å². The van der Waals surface area contributed by atoms with Crippen molar-refractivity contribution in [1.29, 1.82) is 5.26 Å². The fourth-order valence-corrected chi connectivity index (χ4v) is 1.51. The van der Waals surface area contributed by atoms with Crippen LogP contribution in [-0.2, 0) is 11.3 Å². The molecule has 0 unspecified atom stereocenters. The number of carbonyl (C=O) groups excluding carboxylic acids is 1. The van der Waals surface area contributed by atoms with Gasteiger partial charge in [0.05, 0.1) is 16.6 Å². The van der Waals surface area contributed by atoms with E-state index in [1.807, 2.05) is 6.07 Å². The smallest absolute Gasteiger partial charge is 0.307 e. The number of hydrogen-bond donors (Lipinski definition) is 1. The van der Waals surface area contributed by atoms with Gasteiger partial charge in [-0.1, -0.05) is 0 Å². The molecule has 20 heavy (non-hydrogen) atoms. The number of amides is 1. The molecule has 1 aromatic carbocycles. The third-order valence-electron chi connectivity index (χ3n) is 2.43. The van der Waals surface area contributed by atoms with Crippen LogP contribution in [0.3, 0.4) is 0 Å². The van der Waals surface area contributed by atoms with Gasteiger partial charge in [0.2, 0.25) is 5.91 Å². The largest absolute Gasteiger partial charge is 0.324 e. The molecule has 1 aromatic heterocycles. The summed E-state index contributed by atoms with van der Waals surface area (Å²) in [6, 6.07) is 8.32. The molecule has 2 aromatic rings. The zero-order chi connectivity index (χ0) is 14.5. The lowest BCUT2D eigenvalue weighted by atomic mass is 10.2. The van der Waals surface area contributed by atoms with E-state index in [-0.39, 0.29) is 18.1 Å². The van der Waals surface area contributed by atoms with Crippen LogP contribution >= 0.6 is 0 Å². The molecular weight excluding hydrogens is 262 g/mol. The summed E-state index contributed by atoms with van der Waals surface area (Å²) < 4.78 is 1.18. The van der Waals surface area contributed by atoms with E-state index in [0.29, 0.717) is 11.3 Å². The molecule has 1 heterocycles. The summed E-state index contributed by atoms with van der Waals surface area (Å²) in [5.41, 5.74) is 0.859. The zero-order valence-electron chi connectivity index (χ0n) is 10.2. The van der Waals surface area contributed by atoms with Crippen LogP contribution in [0.1, 0.15) is 5.56 Å². The fraction of sp³-hybridized carbons (Fsp3) is 0.0833. The number of aromatic nitrogens is 2. The molecule has 0 spiro atoms. The average Bonchev–Trinajstić information content (AvgIpc) is 2.88. The van der Waals surface area contributed by atoms with Crippen molar-refractivity contribution in [2.75, 3.05) is 5.32 Å². The van der Waals surface area contributed by atoms with E-state index < -0.39 is 4.92 Å². The second-order valence-corrected chi connectivity index (χ2v) is 3.89. The number of rotatable bonds is 4. The highest BCUT2D eigenvalue weighted by atomic mass is 16.6. The lowest BCUT2D eigenvalue weighted by Gasteiger charge is -2.04. The van der Waals surface area contributed by atoms with Gasteiger partial charge in [0.25, 0.3) is 0 Å². The predicted octanol–water partition coefficient (Wildman–Crippen LogP) is 1.30. The second kappa shape index (κ2) is 5.62. The summed E-state index contributed by atoms with van der Waals surface area (Å²) in [5, 5.41) is 25.4. The van der Waals surface area contributed by atoms with Crippen molar-refractivity contribution < 1.29 is 9.72 Å². The lowest BCUT2D eigenvalue weighted by Crippen LogP contribution is -2.18. The van der Waals surface area contributed by atoms with Crippen LogP contribution in [0.4, 0.5) is 11.4 Å². The minimum atomic E-state index is -0.581. The monoisotopic (exact) mass is 271 g/mol. The van der Waals surface area contributed by atoms with Crippen LogP contribution in [0.5, 0.6) is 0 Å². The van der Waals surface area contributed by atoms with E-state index in [1.165, 1.54) is 10.9 Å². The maximum absolute atomic E-state index is 11.7. The van der Waals surface area contributed by atoms with Crippen LogP contribution in [-0.4, -0.2) is 20.6 Å². The fourth-order valence-electron chi connectivity index (χ4n) is 1.51. The number of hydrogen-bond acceptors (Lipinski definition) is 5. The molecule has 0 aliphatic rings. The number of anilines is 1. The van der Waals surface area contributed by atoms with E-state index in [4.69, 9.17) is 5.26 Å². The predicted molar refractivity (Wildman–Crippen MR) is 68.7 cm³/mol. The summed E-state index contributed by atoms with van der Waals surface area (Å²) in [4.78, 5) is 21.6. The average molecular weight is 271 g/mol. The van der Waals surface area contributed by atoms with Crippen molar-refractivity contribution in [2.24, 2.45) is 0 Å². The summed E-state index contributed by atoms with van der Waals surface area (Å²) in [7, 11) is 0. The number of carbonyl (C=O) groups is 1. The van der Waals surface area contributed by atoms with E-state index >= 15 is 0 Å². The summed E-state index contributed by atoms with van der Waals surface area (Å²) in [6.07, 6.45) is 2.26. The molecule has 1 amide bonds. The van der Waals surface area contributed by atoms with Crippen LogP contribution in [0.25, 0.3) is 0 Å². The molecule has 0 saturated heterocycles. The van der Waals surface area contributed by atoms with Gasteiger partial charge < -0.3 is 5.32 Å². The summed E-state index contributed by atoms with van der Waals surface area (Å²) in [5.74, 6) is -0.368. The van der Waals surface area contributed by atoms with Crippen molar-refractivity contribution in [3.63, 3.8) is 0 Å². The highest BCUT2D eigenvalue weighted by Gasteiger charge is 2.11. The summed E-state index contributed by atoms with van der Waals surface area (Å²) >= 11 is 0. The van der Waals surface area contributed by atoms with Crippen LogP contribution in [0, 0.1) is 21.4 Å². The van der Waals surface area contributed by atoms with Crippen molar-refractivity contribution in [2.45, 2.75) is 6.54 Å². The molecule has 100 valence electrons. The number of benzene rings is 1. The standard InChI is InChI=1S/C12H9N5O3/c13-5-9-1-3-10(4-2-9)15-12(18)8-16-7-11(6-14-16)17(19)20/h1-4,6-7H,8H2,(H,15,18). The van der Waals surface area contributed by atoms with Gasteiger partial charge in [0.15, 0.2) is 0 Å². The third-order valence-corrected chi connectivity index (χ3v) is 2.43. The molecule has 8 heteroatoms. The molecule has 0 radical (unpaired) electrons. The first-order valence-electron chi connectivity index (χ1n) is 5.55. The van der Waals surface area contributed by atoms with Gasteiger partial charge in [-0.3, -0.25) is 19.6 Å². The van der Waals surface area contributed by atoms with E-state index in [2.05, 4.69) is 10.4 Å². The Hall–Kier alpha value is -3.21. The first kappa shape index (κ1) is 13.2. The van der Waals surface area contributed by atoms with Crippen LogP contribution in [0.2, 0.25) is 0 Å². The molecule has 1 N–H and O–H groups in total. The summed E-state index contributed by atoms with van der Waals surface area (Å²) in [6.45, 7) is -0.131. The van der Waals surface area contributed by atoms with Crippen molar-refractivity contribution >= 4 is 17.3 Å². The first-order valence-corrected chi connectivity index (χ1v) is 5.55. The lowest BCUT2D eigenvalue weighted by molar-refractivity contribution is -0.385. The third kappa shape index (κ3) is 3.17. The highest BCUT2D eigenvalue weighted by molar-refractivity contribution is 5.90.